The molecule has 0 spiro atoms. The van der Waals surface area contributed by atoms with Gasteiger partial charge in [0.15, 0.2) is 11.5 Å². The van der Waals surface area contributed by atoms with Gasteiger partial charge in [0, 0.05) is 42.7 Å². The van der Waals surface area contributed by atoms with Gasteiger partial charge in [-0.1, -0.05) is 6.07 Å². The molecule has 0 radical (unpaired) electrons. The van der Waals surface area contributed by atoms with Gasteiger partial charge in [-0.3, -0.25) is 9.69 Å². The zero-order valence-corrected chi connectivity index (χ0v) is 19.1. The van der Waals surface area contributed by atoms with Crippen LogP contribution in [0.2, 0.25) is 0 Å². The largest absolute Gasteiger partial charge is 0.493 e. The van der Waals surface area contributed by atoms with Crippen LogP contribution in [0.3, 0.4) is 0 Å². The fourth-order valence-electron chi connectivity index (χ4n) is 3.88. The zero-order valence-electron chi connectivity index (χ0n) is 18.3. The van der Waals surface area contributed by atoms with Gasteiger partial charge in [0.05, 0.1) is 27.4 Å². The molecular weight excluding hydrogens is 402 g/mol. The highest BCUT2D eigenvalue weighted by Gasteiger charge is 2.30. The standard InChI is InChI=1S/C22H31N3O4S/c1-15(20(19-7-6-12-30-19)25-10-8-24(2)9-11-25)23-22(26)16-13-17(27-3)21(29-5)18(14-16)28-4/h6-7,12-15,20H,8-11H2,1-5H3,(H,23,26)/t15-,20-/m0/s1. The van der Waals surface area contributed by atoms with Crippen LogP contribution in [0.5, 0.6) is 17.2 Å². The van der Waals surface area contributed by atoms with E-state index in [0.29, 0.717) is 22.8 Å². The predicted octanol–water partition coefficient (Wildman–Crippen LogP) is 2.88. The lowest BCUT2D eigenvalue weighted by Gasteiger charge is -2.40. The third kappa shape index (κ3) is 4.88. The Bertz CT molecular complexity index is 810. The number of nitrogens with zero attached hydrogens (tertiary/aromatic N) is 2. The molecule has 1 aliphatic heterocycles. The molecule has 2 aromatic rings. The molecule has 3 rings (SSSR count). The lowest BCUT2D eigenvalue weighted by molar-refractivity contribution is 0.0798. The van der Waals surface area contributed by atoms with Crippen molar-refractivity contribution in [2.24, 2.45) is 0 Å². The number of likely N-dealkylation sites (N-methyl/N-ethyl adjacent to an activating group) is 1. The van der Waals surface area contributed by atoms with Gasteiger partial charge < -0.3 is 24.4 Å². The van der Waals surface area contributed by atoms with Gasteiger partial charge in [-0.05, 0) is 37.6 Å². The van der Waals surface area contributed by atoms with Crippen LogP contribution in [-0.2, 0) is 0 Å². The molecule has 7 nitrogen and oxygen atoms in total. The van der Waals surface area contributed by atoms with Crippen molar-refractivity contribution in [2.75, 3.05) is 54.6 Å². The number of ether oxygens (including phenoxy) is 3. The number of rotatable bonds is 8. The van der Waals surface area contributed by atoms with Crippen molar-refractivity contribution < 1.29 is 19.0 Å². The van der Waals surface area contributed by atoms with Crippen LogP contribution in [0, 0.1) is 0 Å². The van der Waals surface area contributed by atoms with Gasteiger partial charge in [0.1, 0.15) is 0 Å². The van der Waals surface area contributed by atoms with Crippen LogP contribution < -0.4 is 19.5 Å². The summed E-state index contributed by atoms with van der Waals surface area (Å²) in [5, 5.41) is 5.28. The first-order valence-electron chi connectivity index (χ1n) is 10.0. The van der Waals surface area contributed by atoms with Crippen LogP contribution in [0.1, 0.15) is 28.2 Å². The lowest BCUT2D eigenvalue weighted by atomic mass is 10.0. The Balaban J connectivity index is 1.82. The molecule has 8 heteroatoms. The lowest BCUT2D eigenvalue weighted by Crippen LogP contribution is -2.51. The van der Waals surface area contributed by atoms with Gasteiger partial charge in [-0.15, -0.1) is 11.3 Å². The second-order valence-electron chi connectivity index (χ2n) is 7.48. The summed E-state index contributed by atoms with van der Waals surface area (Å²) in [6.45, 7) is 6.07. The molecule has 1 aromatic carbocycles. The van der Waals surface area contributed by atoms with E-state index in [1.807, 2.05) is 0 Å². The van der Waals surface area contributed by atoms with Gasteiger partial charge in [-0.2, -0.15) is 0 Å². The SMILES string of the molecule is COc1cc(C(=O)N[C@@H](C)[C@@H](c2cccs2)N2CCN(C)CC2)cc(OC)c1OC. The van der Waals surface area contributed by atoms with Gasteiger partial charge in [0.25, 0.3) is 5.91 Å². The average Bonchev–Trinajstić information content (AvgIpc) is 3.28. The van der Waals surface area contributed by atoms with Crippen molar-refractivity contribution in [1.29, 1.82) is 0 Å². The molecule has 0 unspecified atom stereocenters. The molecule has 2 heterocycles. The second kappa shape index (κ2) is 10.1. The molecule has 30 heavy (non-hydrogen) atoms. The number of carbonyl (C=O) groups excluding carboxylic acids is 1. The van der Waals surface area contributed by atoms with E-state index in [0.717, 1.165) is 26.2 Å². The number of hydrogen-bond donors (Lipinski definition) is 1. The van der Waals surface area contributed by atoms with Crippen LogP contribution in [0.25, 0.3) is 0 Å². The van der Waals surface area contributed by atoms with Crippen molar-refractivity contribution in [2.45, 2.75) is 19.0 Å². The highest BCUT2D eigenvalue weighted by molar-refractivity contribution is 7.10. The molecule has 1 aromatic heterocycles. The summed E-state index contributed by atoms with van der Waals surface area (Å²) in [4.78, 5) is 19.2. The van der Waals surface area contributed by atoms with Crippen LogP contribution >= 0.6 is 11.3 Å². The number of thiophene rings is 1. The minimum Gasteiger partial charge on any atom is -0.493 e. The highest BCUT2D eigenvalue weighted by Crippen LogP contribution is 2.38. The smallest absolute Gasteiger partial charge is 0.251 e. The summed E-state index contributed by atoms with van der Waals surface area (Å²) in [5.74, 6) is 1.22. The highest BCUT2D eigenvalue weighted by atomic mass is 32.1. The number of carbonyl (C=O) groups is 1. The summed E-state index contributed by atoms with van der Waals surface area (Å²) >= 11 is 1.73. The minimum atomic E-state index is -0.169. The Morgan fingerprint density at radius 2 is 1.70 bits per heavy atom. The van der Waals surface area contributed by atoms with Crippen LogP contribution in [0.4, 0.5) is 0 Å². The first-order valence-corrected chi connectivity index (χ1v) is 10.9. The number of benzene rings is 1. The van der Waals surface area contributed by atoms with Crippen molar-refractivity contribution in [3.8, 4) is 17.2 Å². The molecule has 1 saturated heterocycles. The molecule has 0 bridgehead atoms. The number of piperazine rings is 1. The first kappa shape index (κ1) is 22.4. The molecule has 1 amide bonds. The molecule has 2 atom stereocenters. The predicted molar refractivity (Wildman–Crippen MR) is 119 cm³/mol. The number of hydrogen-bond acceptors (Lipinski definition) is 7. The maximum Gasteiger partial charge on any atom is 0.251 e. The van der Waals surface area contributed by atoms with Crippen molar-refractivity contribution in [3.05, 3.63) is 40.1 Å². The summed E-state index contributed by atoms with van der Waals surface area (Å²) < 4.78 is 16.1. The van der Waals surface area contributed by atoms with Gasteiger partial charge >= 0.3 is 0 Å². The number of nitrogens with one attached hydrogen (secondary N) is 1. The fraction of sp³-hybridized carbons (Fsp3) is 0.500. The normalized spacial score (nSPS) is 17.2. The quantitative estimate of drug-likeness (QED) is 0.691. The van der Waals surface area contributed by atoms with Gasteiger partial charge in [-0.25, -0.2) is 0 Å². The third-order valence-corrected chi connectivity index (χ3v) is 6.47. The van der Waals surface area contributed by atoms with Crippen molar-refractivity contribution >= 4 is 17.2 Å². The zero-order chi connectivity index (χ0) is 21.7. The average molecular weight is 434 g/mol. The van der Waals surface area contributed by atoms with Crippen LogP contribution in [0.15, 0.2) is 29.6 Å². The molecule has 1 fully saturated rings. The third-order valence-electron chi connectivity index (χ3n) is 5.53. The molecule has 1 aliphatic rings. The number of methoxy groups -OCH3 is 3. The summed E-state index contributed by atoms with van der Waals surface area (Å²) in [6, 6.07) is 7.63. The summed E-state index contributed by atoms with van der Waals surface area (Å²) in [7, 11) is 6.78. The maximum absolute atomic E-state index is 13.1. The maximum atomic E-state index is 13.1. The van der Waals surface area contributed by atoms with E-state index in [1.54, 1.807) is 44.8 Å². The van der Waals surface area contributed by atoms with E-state index < -0.39 is 0 Å². The molecule has 0 saturated carbocycles. The summed E-state index contributed by atoms with van der Waals surface area (Å²) in [6.07, 6.45) is 0. The summed E-state index contributed by atoms with van der Waals surface area (Å²) in [5.41, 5.74) is 0.472. The Morgan fingerprint density at radius 3 is 2.20 bits per heavy atom. The minimum absolute atomic E-state index is 0.0707. The Labute approximate surface area is 182 Å². The molecule has 1 N–H and O–H groups in total. The van der Waals surface area contributed by atoms with E-state index in [9.17, 15) is 4.79 Å². The Hall–Kier alpha value is -2.29. The molecule has 0 aliphatic carbocycles. The second-order valence-corrected chi connectivity index (χ2v) is 8.45. The topological polar surface area (TPSA) is 63.3 Å². The van der Waals surface area contributed by atoms with E-state index in [2.05, 4.69) is 46.6 Å². The Kier molecular flexibility index (Phi) is 7.58. The Morgan fingerprint density at radius 1 is 1.07 bits per heavy atom. The first-order chi connectivity index (χ1) is 14.5. The molecular formula is C22H31N3O4S. The van der Waals surface area contributed by atoms with E-state index >= 15 is 0 Å². The van der Waals surface area contributed by atoms with Crippen molar-refractivity contribution in [3.63, 3.8) is 0 Å². The van der Waals surface area contributed by atoms with E-state index in [4.69, 9.17) is 14.2 Å². The van der Waals surface area contributed by atoms with E-state index in [1.165, 1.54) is 4.88 Å². The van der Waals surface area contributed by atoms with Crippen LogP contribution in [-0.4, -0.2) is 76.3 Å². The van der Waals surface area contributed by atoms with Crippen molar-refractivity contribution in [1.82, 2.24) is 15.1 Å². The number of amides is 1. The molecule has 164 valence electrons. The monoisotopic (exact) mass is 433 g/mol. The fourth-order valence-corrected chi connectivity index (χ4v) is 4.85. The van der Waals surface area contributed by atoms with Gasteiger partial charge in [0.2, 0.25) is 5.75 Å². The van der Waals surface area contributed by atoms with E-state index in [-0.39, 0.29) is 18.0 Å².